The third-order valence-electron chi connectivity index (χ3n) is 3.77. The highest BCUT2D eigenvalue weighted by molar-refractivity contribution is 7.12. The molecule has 0 aromatic carbocycles. The molecule has 0 aliphatic carbocycles. The molecule has 21 heavy (non-hydrogen) atoms. The first-order valence-electron chi connectivity index (χ1n) is 7.89. The van der Waals surface area contributed by atoms with Crippen molar-refractivity contribution in [1.82, 2.24) is 10.3 Å². The average Bonchev–Trinajstić information content (AvgIpc) is 2.76. The SMILES string of the molecule is Cc1nc(C(C)(C)C)sc1C(C)NCC(C)(C)CCCO. The van der Waals surface area contributed by atoms with E-state index >= 15 is 0 Å². The number of aromatic nitrogens is 1. The summed E-state index contributed by atoms with van der Waals surface area (Å²) >= 11 is 1.83. The topological polar surface area (TPSA) is 45.2 Å². The van der Waals surface area contributed by atoms with Gasteiger partial charge >= 0.3 is 0 Å². The molecule has 122 valence electrons. The van der Waals surface area contributed by atoms with Gasteiger partial charge in [-0.3, -0.25) is 0 Å². The Balaban J connectivity index is 2.68. The Morgan fingerprint density at radius 3 is 2.33 bits per heavy atom. The van der Waals surface area contributed by atoms with Crippen LogP contribution in [0.25, 0.3) is 0 Å². The van der Waals surface area contributed by atoms with Crippen molar-refractivity contribution in [3.63, 3.8) is 0 Å². The summed E-state index contributed by atoms with van der Waals surface area (Å²) in [5.41, 5.74) is 1.48. The highest BCUT2D eigenvalue weighted by Crippen LogP contribution is 2.33. The molecule has 0 amide bonds. The molecule has 0 spiro atoms. The van der Waals surface area contributed by atoms with Crippen LogP contribution in [-0.2, 0) is 5.41 Å². The molecular weight excluding hydrogens is 280 g/mol. The Labute approximate surface area is 134 Å². The van der Waals surface area contributed by atoms with Crippen molar-refractivity contribution in [3.05, 3.63) is 15.6 Å². The Hall–Kier alpha value is -0.450. The number of rotatable bonds is 7. The number of aliphatic hydroxyl groups is 1. The van der Waals surface area contributed by atoms with E-state index in [4.69, 9.17) is 10.1 Å². The van der Waals surface area contributed by atoms with Gasteiger partial charge < -0.3 is 10.4 Å². The predicted molar refractivity (Wildman–Crippen MR) is 92.1 cm³/mol. The molecular formula is C17H32N2OS. The van der Waals surface area contributed by atoms with Gasteiger partial charge in [-0.05, 0) is 32.1 Å². The molecule has 0 saturated heterocycles. The fourth-order valence-electron chi connectivity index (χ4n) is 2.30. The van der Waals surface area contributed by atoms with Gasteiger partial charge in [0.05, 0.1) is 10.7 Å². The summed E-state index contributed by atoms with van der Waals surface area (Å²) in [4.78, 5) is 6.09. The van der Waals surface area contributed by atoms with Crippen LogP contribution < -0.4 is 5.32 Å². The van der Waals surface area contributed by atoms with Gasteiger partial charge in [0.15, 0.2) is 0 Å². The Bertz CT molecular complexity index is 446. The van der Waals surface area contributed by atoms with Gasteiger partial charge in [0.2, 0.25) is 0 Å². The Kier molecular flexibility index (Phi) is 6.38. The van der Waals surface area contributed by atoms with Crippen molar-refractivity contribution in [1.29, 1.82) is 0 Å². The van der Waals surface area contributed by atoms with Crippen molar-refractivity contribution in [2.75, 3.05) is 13.2 Å². The molecule has 1 atom stereocenters. The van der Waals surface area contributed by atoms with E-state index in [1.165, 1.54) is 9.88 Å². The first kappa shape index (κ1) is 18.6. The molecule has 1 aromatic heterocycles. The van der Waals surface area contributed by atoms with Crippen LogP contribution in [0.5, 0.6) is 0 Å². The molecule has 1 aromatic rings. The zero-order valence-corrected chi connectivity index (χ0v) is 15.5. The first-order valence-corrected chi connectivity index (χ1v) is 8.70. The standard InChI is InChI=1S/C17H32N2OS/c1-12(18-11-17(6,7)9-8-10-20)14-13(2)19-15(21-14)16(3,4)5/h12,18,20H,8-11H2,1-7H3. The van der Waals surface area contributed by atoms with Crippen LogP contribution >= 0.6 is 11.3 Å². The van der Waals surface area contributed by atoms with Crippen molar-refractivity contribution < 1.29 is 5.11 Å². The predicted octanol–water partition coefficient (Wildman–Crippen LogP) is 4.20. The second-order valence-electron chi connectivity index (χ2n) is 7.81. The lowest BCUT2D eigenvalue weighted by Crippen LogP contribution is -2.31. The molecule has 1 unspecified atom stereocenters. The fraction of sp³-hybridized carbons (Fsp3) is 0.824. The monoisotopic (exact) mass is 312 g/mol. The maximum Gasteiger partial charge on any atom is 0.0985 e. The molecule has 0 aliphatic rings. The highest BCUT2D eigenvalue weighted by Gasteiger charge is 2.24. The fourth-order valence-corrected chi connectivity index (χ4v) is 3.45. The zero-order valence-electron chi connectivity index (χ0n) is 14.7. The molecule has 0 saturated carbocycles. The Morgan fingerprint density at radius 2 is 1.86 bits per heavy atom. The minimum absolute atomic E-state index is 0.119. The molecule has 0 aliphatic heterocycles. The van der Waals surface area contributed by atoms with Crippen molar-refractivity contribution >= 4 is 11.3 Å². The number of hydrogen-bond acceptors (Lipinski definition) is 4. The molecule has 0 bridgehead atoms. The van der Waals surface area contributed by atoms with Gasteiger partial charge in [-0.15, -0.1) is 11.3 Å². The molecule has 3 nitrogen and oxygen atoms in total. The van der Waals surface area contributed by atoms with E-state index in [9.17, 15) is 0 Å². The summed E-state index contributed by atoms with van der Waals surface area (Å²) < 4.78 is 0. The van der Waals surface area contributed by atoms with Crippen molar-refractivity contribution in [2.45, 2.75) is 72.8 Å². The van der Waals surface area contributed by atoms with Crippen LogP contribution in [0.15, 0.2) is 0 Å². The maximum atomic E-state index is 8.97. The number of aryl methyl sites for hydroxylation is 1. The van der Waals surface area contributed by atoms with E-state index in [-0.39, 0.29) is 17.4 Å². The van der Waals surface area contributed by atoms with Gasteiger partial charge in [0, 0.05) is 29.5 Å². The zero-order chi connectivity index (χ0) is 16.3. The van der Waals surface area contributed by atoms with Gasteiger partial charge in [-0.25, -0.2) is 4.98 Å². The lowest BCUT2D eigenvalue weighted by atomic mass is 9.87. The number of nitrogens with zero attached hydrogens (tertiary/aromatic N) is 1. The second-order valence-corrected chi connectivity index (χ2v) is 8.84. The molecule has 4 heteroatoms. The quantitative estimate of drug-likeness (QED) is 0.793. The molecule has 0 fully saturated rings. The van der Waals surface area contributed by atoms with Crippen LogP contribution in [0.4, 0.5) is 0 Å². The number of thiazole rings is 1. The summed E-state index contributed by atoms with van der Waals surface area (Å²) in [5.74, 6) is 0. The highest BCUT2D eigenvalue weighted by atomic mass is 32.1. The largest absolute Gasteiger partial charge is 0.396 e. The average molecular weight is 313 g/mol. The van der Waals surface area contributed by atoms with E-state index < -0.39 is 0 Å². The van der Waals surface area contributed by atoms with E-state index in [1.54, 1.807) is 0 Å². The van der Waals surface area contributed by atoms with Crippen molar-refractivity contribution in [3.8, 4) is 0 Å². The summed E-state index contributed by atoms with van der Waals surface area (Å²) in [6, 6.07) is 0.326. The Morgan fingerprint density at radius 1 is 1.24 bits per heavy atom. The van der Waals surface area contributed by atoms with Crippen LogP contribution in [0.2, 0.25) is 0 Å². The van der Waals surface area contributed by atoms with Crippen LogP contribution in [-0.4, -0.2) is 23.2 Å². The van der Waals surface area contributed by atoms with Crippen LogP contribution in [0.3, 0.4) is 0 Å². The van der Waals surface area contributed by atoms with E-state index in [0.717, 1.165) is 25.1 Å². The maximum absolute atomic E-state index is 8.97. The van der Waals surface area contributed by atoms with E-state index in [2.05, 4.69) is 53.8 Å². The molecule has 1 heterocycles. The normalized spacial score (nSPS) is 14.5. The van der Waals surface area contributed by atoms with E-state index in [1.807, 2.05) is 11.3 Å². The third-order valence-corrected chi connectivity index (χ3v) is 5.53. The lowest BCUT2D eigenvalue weighted by molar-refractivity contribution is 0.233. The third kappa shape index (κ3) is 5.68. The van der Waals surface area contributed by atoms with Crippen LogP contribution in [0, 0.1) is 12.3 Å². The molecule has 1 rings (SSSR count). The van der Waals surface area contributed by atoms with Gasteiger partial charge in [0.25, 0.3) is 0 Å². The van der Waals surface area contributed by atoms with Gasteiger partial charge in [0.1, 0.15) is 0 Å². The van der Waals surface area contributed by atoms with Crippen molar-refractivity contribution in [2.24, 2.45) is 5.41 Å². The molecule has 0 radical (unpaired) electrons. The summed E-state index contributed by atoms with van der Waals surface area (Å²) in [6.07, 6.45) is 1.91. The second kappa shape index (κ2) is 7.21. The molecule has 2 N–H and O–H groups in total. The van der Waals surface area contributed by atoms with E-state index in [0.29, 0.717) is 6.04 Å². The minimum atomic E-state index is 0.119. The minimum Gasteiger partial charge on any atom is -0.396 e. The summed E-state index contributed by atoms with van der Waals surface area (Å²) in [6.45, 7) is 16.7. The number of aliphatic hydroxyl groups excluding tert-OH is 1. The number of hydrogen-bond donors (Lipinski definition) is 2. The van der Waals surface area contributed by atoms with Gasteiger partial charge in [-0.1, -0.05) is 34.6 Å². The lowest BCUT2D eigenvalue weighted by Gasteiger charge is -2.27. The van der Waals surface area contributed by atoms with Crippen LogP contribution in [0.1, 0.15) is 76.0 Å². The first-order chi connectivity index (χ1) is 9.57. The van der Waals surface area contributed by atoms with Gasteiger partial charge in [-0.2, -0.15) is 0 Å². The summed E-state index contributed by atoms with van der Waals surface area (Å²) in [5, 5.41) is 13.8. The number of nitrogens with one attached hydrogen (secondary N) is 1. The summed E-state index contributed by atoms with van der Waals surface area (Å²) in [7, 11) is 0. The smallest absolute Gasteiger partial charge is 0.0985 e.